The van der Waals surface area contributed by atoms with E-state index >= 15 is 0 Å². The molecule has 0 unspecified atom stereocenters. The third kappa shape index (κ3) is 6.40. The summed E-state index contributed by atoms with van der Waals surface area (Å²) in [5, 5.41) is 22.8. The van der Waals surface area contributed by atoms with Crippen molar-refractivity contribution in [2.75, 3.05) is 13.2 Å². The second-order valence-corrected chi connectivity index (χ2v) is 7.81. The molecule has 0 fully saturated rings. The minimum atomic E-state index is -0.660. The smallest absolute Gasteiger partial charge is 0.328 e. The predicted molar refractivity (Wildman–Crippen MR) is 119 cm³/mol. The van der Waals surface area contributed by atoms with Crippen molar-refractivity contribution < 1.29 is 14.6 Å². The molecule has 1 aromatic heterocycles. The summed E-state index contributed by atoms with van der Waals surface area (Å²) in [6.07, 6.45) is 1.19. The zero-order valence-electron chi connectivity index (χ0n) is 18.5. The van der Waals surface area contributed by atoms with Crippen molar-refractivity contribution >= 4 is 22.4 Å². The summed E-state index contributed by atoms with van der Waals surface area (Å²) in [7, 11) is 0. The van der Waals surface area contributed by atoms with E-state index in [1.807, 2.05) is 26.8 Å². The Morgan fingerprint density at radius 3 is 2.74 bits per heavy atom. The van der Waals surface area contributed by atoms with Crippen LogP contribution >= 0.6 is 0 Å². The highest BCUT2D eigenvalue weighted by atomic mass is 16.5. The molecule has 0 saturated carbocycles. The number of hydrogen-bond donors (Lipinski definition) is 3. The van der Waals surface area contributed by atoms with Gasteiger partial charge in [0.15, 0.2) is 5.82 Å². The van der Waals surface area contributed by atoms with Crippen LogP contribution in [0.4, 0.5) is 0 Å². The molecule has 1 atom stereocenters. The molecule has 0 aliphatic carbocycles. The van der Waals surface area contributed by atoms with Crippen LogP contribution in [0, 0.1) is 24.2 Å². The van der Waals surface area contributed by atoms with Crippen LogP contribution in [0.3, 0.4) is 0 Å². The molecule has 0 saturated heterocycles. The first-order valence-electron chi connectivity index (χ1n) is 10.5. The fraction of sp³-hybridized carbons (Fsp3) is 0.478. The summed E-state index contributed by atoms with van der Waals surface area (Å²) in [6.45, 7) is 7.75. The van der Waals surface area contributed by atoms with E-state index in [2.05, 4.69) is 21.4 Å². The van der Waals surface area contributed by atoms with Gasteiger partial charge in [0, 0.05) is 12.3 Å². The highest BCUT2D eigenvalue weighted by Gasteiger charge is 2.24. The topological polar surface area (TPSA) is 128 Å². The molecule has 31 heavy (non-hydrogen) atoms. The molecule has 0 aliphatic heterocycles. The number of rotatable bonds is 10. The van der Waals surface area contributed by atoms with Gasteiger partial charge in [0.25, 0.3) is 5.56 Å². The molecule has 3 N–H and O–H groups in total. The van der Waals surface area contributed by atoms with Crippen LogP contribution in [0.15, 0.2) is 28.7 Å². The fourth-order valence-corrected chi connectivity index (χ4v) is 3.30. The second kappa shape index (κ2) is 11.3. The Kier molecular flexibility index (Phi) is 8.76. The number of nitrogens with one attached hydrogen (secondary N) is 2. The number of carbonyl (C=O) groups is 1. The summed E-state index contributed by atoms with van der Waals surface area (Å²) in [6, 6.07) is 6.77. The monoisotopic (exact) mass is 426 g/mol. The molecule has 2 aromatic rings. The van der Waals surface area contributed by atoms with E-state index in [0.717, 1.165) is 5.56 Å². The molecule has 8 heteroatoms. The number of aliphatic hydroxyl groups excluding tert-OH is 1. The minimum Gasteiger partial charge on any atom is -0.464 e. The number of aromatic nitrogens is 2. The molecular weight excluding hydrogens is 396 g/mol. The maximum Gasteiger partial charge on any atom is 0.328 e. The van der Waals surface area contributed by atoms with Crippen LogP contribution in [-0.2, 0) is 9.53 Å². The van der Waals surface area contributed by atoms with Crippen molar-refractivity contribution in [3.63, 3.8) is 0 Å². The van der Waals surface area contributed by atoms with Crippen LogP contribution in [0.2, 0.25) is 0 Å². The fourth-order valence-electron chi connectivity index (χ4n) is 3.30. The highest BCUT2D eigenvalue weighted by Crippen LogP contribution is 2.20. The lowest BCUT2D eigenvalue weighted by Crippen LogP contribution is -2.39. The Morgan fingerprint density at radius 1 is 1.39 bits per heavy atom. The largest absolute Gasteiger partial charge is 0.464 e. The maximum absolute atomic E-state index is 12.6. The summed E-state index contributed by atoms with van der Waals surface area (Å²) >= 11 is 0. The van der Waals surface area contributed by atoms with E-state index in [1.54, 1.807) is 19.1 Å². The Balaban J connectivity index is 2.57. The quantitative estimate of drug-likeness (QED) is 0.394. The molecule has 0 radical (unpaired) electrons. The summed E-state index contributed by atoms with van der Waals surface area (Å²) in [5.41, 5.74) is 1.63. The number of benzene rings is 1. The number of H-pyrrole nitrogens is 1. The van der Waals surface area contributed by atoms with Crippen LogP contribution in [0.5, 0.6) is 0 Å². The van der Waals surface area contributed by atoms with Crippen molar-refractivity contribution in [2.45, 2.75) is 53.0 Å². The van der Waals surface area contributed by atoms with Gasteiger partial charge >= 0.3 is 5.97 Å². The van der Waals surface area contributed by atoms with Gasteiger partial charge in [-0.2, -0.15) is 5.26 Å². The van der Waals surface area contributed by atoms with E-state index in [0.29, 0.717) is 35.9 Å². The zero-order chi connectivity index (χ0) is 23.0. The molecule has 2 rings (SSSR count). The number of aryl methyl sites for hydroxylation is 1. The van der Waals surface area contributed by atoms with E-state index in [4.69, 9.17) is 4.74 Å². The van der Waals surface area contributed by atoms with Crippen molar-refractivity contribution in [1.82, 2.24) is 15.3 Å². The molecule has 0 amide bonds. The first kappa shape index (κ1) is 24.1. The van der Waals surface area contributed by atoms with Gasteiger partial charge in [-0.25, -0.2) is 9.78 Å². The zero-order valence-corrected chi connectivity index (χ0v) is 18.5. The normalized spacial score (nSPS) is 12.9. The van der Waals surface area contributed by atoms with Gasteiger partial charge in [-0.15, -0.1) is 0 Å². The molecule has 0 aliphatic rings. The molecule has 8 nitrogen and oxygen atoms in total. The van der Waals surface area contributed by atoms with Gasteiger partial charge in [0.1, 0.15) is 17.7 Å². The van der Waals surface area contributed by atoms with Crippen LogP contribution in [0.1, 0.15) is 51.4 Å². The number of carbonyl (C=O) groups excluding carboxylic acids is 1. The molecule has 0 bridgehead atoms. The van der Waals surface area contributed by atoms with Gasteiger partial charge < -0.3 is 20.1 Å². The van der Waals surface area contributed by atoms with Gasteiger partial charge in [0.2, 0.25) is 0 Å². The standard InChI is InChI=1S/C23H30N4O4/c1-5-31-23(30)20(11-14(2)3)25-18(7-6-10-28)17(13-24)21-26-19-9-8-15(4)12-16(19)22(29)27-21/h8-9,12,14,20,25,28H,5-7,10-11H2,1-4H3,(H,26,27,29)/b18-17-/t20-/m0/s1. The molecule has 166 valence electrons. The lowest BCUT2D eigenvalue weighted by atomic mass is 10.0. The number of nitriles is 1. The average molecular weight is 427 g/mol. The second-order valence-electron chi connectivity index (χ2n) is 7.81. The number of nitrogens with zero attached hydrogens (tertiary/aromatic N) is 2. The van der Waals surface area contributed by atoms with Crippen LogP contribution in [-0.4, -0.2) is 40.3 Å². The molecule has 0 spiro atoms. The Hall–Kier alpha value is -3.18. The number of ether oxygens (including phenoxy) is 1. The third-order valence-electron chi connectivity index (χ3n) is 4.72. The Bertz CT molecular complexity index is 1050. The molecule has 1 heterocycles. The van der Waals surface area contributed by atoms with E-state index in [-0.39, 0.29) is 36.1 Å². The molecule has 1 aromatic carbocycles. The number of fused-ring (bicyclic) bond motifs is 1. The first-order valence-corrected chi connectivity index (χ1v) is 10.5. The number of esters is 1. The van der Waals surface area contributed by atoms with Gasteiger partial charge in [-0.1, -0.05) is 25.5 Å². The number of aliphatic hydroxyl groups is 1. The first-order chi connectivity index (χ1) is 14.8. The number of aromatic amines is 1. The number of hydrogen-bond acceptors (Lipinski definition) is 7. The van der Waals surface area contributed by atoms with Crippen LogP contribution < -0.4 is 10.9 Å². The van der Waals surface area contributed by atoms with Crippen molar-refractivity contribution in [1.29, 1.82) is 5.26 Å². The van der Waals surface area contributed by atoms with E-state index < -0.39 is 12.0 Å². The van der Waals surface area contributed by atoms with Crippen LogP contribution in [0.25, 0.3) is 16.5 Å². The Labute approximate surface area is 182 Å². The van der Waals surface area contributed by atoms with E-state index in [9.17, 15) is 20.0 Å². The van der Waals surface area contributed by atoms with Crippen molar-refractivity contribution in [3.8, 4) is 6.07 Å². The van der Waals surface area contributed by atoms with Gasteiger partial charge in [-0.05, 0) is 51.2 Å². The third-order valence-corrected chi connectivity index (χ3v) is 4.72. The number of allylic oxidation sites excluding steroid dienone is 2. The Morgan fingerprint density at radius 2 is 2.13 bits per heavy atom. The summed E-state index contributed by atoms with van der Waals surface area (Å²) < 4.78 is 5.19. The average Bonchev–Trinajstić information content (AvgIpc) is 2.72. The van der Waals surface area contributed by atoms with E-state index in [1.165, 1.54) is 0 Å². The lowest BCUT2D eigenvalue weighted by Gasteiger charge is -2.23. The lowest BCUT2D eigenvalue weighted by molar-refractivity contribution is -0.145. The SMILES string of the molecule is CCOC(=O)[C@H](CC(C)C)N/C(CCCO)=C(/C#N)c1nc2ccc(C)cc2c(=O)[nH]1. The van der Waals surface area contributed by atoms with Gasteiger partial charge in [-0.3, -0.25) is 4.79 Å². The predicted octanol–water partition coefficient (Wildman–Crippen LogP) is 2.81. The highest BCUT2D eigenvalue weighted by molar-refractivity contribution is 5.83. The minimum absolute atomic E-state index is 0.0842. The van der Waals surface area contributed by atoms with Crippen molar-refractivity contribution in [3.05, 3.63) is 45.6 Å². The summed E-state index contributed by atoms with van der Waals surface area (Å²) in [4.78, 5) is 32.3. The summed E-state index contributed by atoms with van der Waals surface area (Å²) in [5.74, 6) is -0.0877. The van der Waals surface area contributed by atoms with Crippen molar-refractivity contribution in [2.24, 2.45) is 5.92 Å². The molecular formula is C23H30N4O4. The van der Waals surface area contributed by atoms with Gasteiger partial charge in [0.05, 0.1) is 17.5 Å². The maximum atomic E-state index is 12.6.